The second-order valence-electron chi connectivity index (χ2n) is 5.27. The first-order valence-electron chi connectivity index (χ1n) is 7.19. The Morgan fingerprint density at radius 2 is 1.70 bits per heavy atom. The third kappa shape index (κ3) is 2.44. The average Bonchev–Trinajstić information content (AvgIpc) is 2.93. The molecule has 0 radical (unpaired) electrons. The first-order valence-corrected chi connectivity index (χ1v) is 7.19. The lowest BCUT2D eigenvalue weighted by Crippen LogP contribution is -2.11. The molecule has 0 bridgehead atoms. The maximum absolute atomic E-state index is 13.2. The SMILES string of the molecule is O=C(Nc1ccc2oc3ccccc3c2c1)c1cccc(F)c1. The highest BCUT2D eigenvalue weighted by Gasteiger charge is 2.10. The molecule has 0 saturated heterocycles. The summed E-state index contributed by atoms with van der Waals surface area (Å²) in [4.78, 5) is 12.2. The Labute approximate surface area is 131 Å². The Morgan fingerprint density at radius 1 is 0.870 bits per heavy atom. The zero-order valence-corrected chi connectivity index (χ0v) is 12.0. The molecule has 3 aromatic carbocycles. The van der Waals surface area contributed by atoms with Crippen LogP contribution in [0.2, 0.25) is 0 Å². The predicted octanol–water partition coefficient (Wildman–Crippen LogP) is 4.98. The van der Waals surface area contributed by atoms with E-state index >= 15 is 0 Å². The number of furan rings is 1. The average molecular weight is 305 g/mol. The van der Waals surface area contributed by atoms with Crippen LogP contribution in [0.1, 0.15) is 10.4 Å². The molecule has 0 atom stereocenters. The number of anilines is 1. The van der Waals surface area contributed by atoms with Crippen molar-refractivity contribution in [1.82, 2.24) is 0 Å². The number of rotatable bonds is 2. The summed E-state index contributed by atoms with van der Waals surface area (Å²) in [6, 6.07) is 18.8. The molecule has 4 rings (SSSR count). The highest BCUT2D eigenvalue weighted by atomic mass is 19.1. The van der Waals surface area contributed by atoms with Crippen molar-refractivity contribution in [3.8, 4) is 0 Å². The van der Waals surface area contributed by atoms with E-state index in [1.807, 2.05) is 36.4 Å². The number of carbonyl (C=O) groups excluding carboxylic acids is 1. The fourth-order valence-corrected chi connectivity index (χ4v) is 2.64. The fraction of sp³-hybridized carbons (Fsp3) is 0. The van der Waals surface area contributed by atoms with Crippen molar-refractivity contribution in [2.24, 2.45) is 0 Å². The molecule has 3 nitrogen and oxygen atoms in total. The fourth-order valence-electron chi connectivity index (χ4n) is 2.64. The van der Waals surface area contributed by atoms with Crippen LogP contribution in [0.15, 0.2) is 71.1 Å². The number of hydrogen-bond donors (Lipinski definition) is 1. The third-order valence-corrected chi connectivity index (χ3v) is 3.72. The first kappa shape index (κ1) is 13.5. The maximum Gasteiger partial charge on any atom is 0.255 e. The van der Waals surface area contributed by atoms with E-state index in [1.165, 1.54) is 18.2 Å². The molecule has 0 aliphatic carbocycles. The molecule has 1 N–H and O–H groups in total. The van der Waals surface area contributed by atoms with Crippen molar-refractivity contribution in [2.45, 2.75) is 0 Å². The topological polar surface area (TPSA) is 42.2 Å². The largest absolute Gasteiger partial charge is 0.456 e. The van der Waals surface area contributed by atoms with Crippen LogP contribution in [0.3, 0.4) is 0 Å². The normalized spacial score (nSPS) is 11.0. The van der Waals surface area contributed by atoms with Crippen molar-refractivity contribution in [3.63, 3.8) is 0 Å². The van der Waals surface area contributed by atoms with Crippen LogP contribution in [-0.2, 0) is 0 Å². The van der Waals surface area contributed by atoms with Gasteiger partial charge in [0.25, 0.3) is 5.91 Å². The van der Waals surface area contributed by atoms with Crippen LogP contribution in [-0.4, -0.2) is 5.91 Å². The molecule has 4 heteroatoms. The second kappa shape index (κ2) is 5.25. The molecular formula is C19H12FNO2. The number of fused-ring (bicyclic) bond motifs is 3. The Hall–Kier alpha value is -3.14. The Morgan fingerprint density at radius 3 is 2.57 bits per heavy atom. The van der Waals surface area contributed by atoms with Crippen molar-refractivity contribution < 1.29 is 13.6 Å². The van der Waals surface area contributed by atoms with Crippen LogP contribution in [0.25, 0.3) is 21.9 Å². The minimum atomic E-state index is -0.436. The molecule has 0 fully saturated rings. The maximum atomic E-state index is 13.2. The van der Waals surface area contributed by atoms with Gasteiger partial charge in [-0.05, 0) is 42.5 Å². The molecule has 4 aromatic rings. The number of hydrogen-bond acceptors (Lipinski definition) is 2. The number of nitrogens with one attached hydrogen (secondary N) is 1. The summed E-state index contributed by atoms with van der Waals surface area (Å²) in [5.74, 6) is -0.786. The molecule has 0 saturated carbocycles. The van der Waals surface area contributed by atoms with Gasteiger partial charge in [0.1, 0.15) is 17.0 Å². The molecule has 23 heavy (non-hydrogen) atoms. The number of halogens is 1. The molecule has 0 aliphatic heterocycles. The van der Waals surface area contributed by atoms with Gasteiger partial charge in [-0.3, -0.25) is 4.79 Å². The predicted molar refractivity (Wildman–Crippen MR) is 88.1 cm³/mol. The summed E-state index contributed by atoms with van der Waals surface area (Å²) >= 11 is 0. The van der Waals surface area contributed by atoms with Gasteiger partial charge < -0.3 is 9.73 Å². The third-order valence-electron chi connectivity index (χ3n) is 3.72. The van der Waals surface area contributed by atoms with E-state index in [-0.39, 0.29) is 11.5 Å². The molecule has 0 aliphatic rings. The Bertz CT molecular complexity index is 1040. The van der Waals surface area contributed by atoms with E-state index in [4.69, 9.17) is 4.42 Å². The van der Waals surface area contributed by atoms with Crippen LogP contribution >= 0.6 is 0 Å². The summed E-state index contributed by atoms with van der Waals surface area (Å²) in [5.41, 5.74) is 2.48. The molecule has 1 aromatic heterocycles. The van der Waals surface area contributed by atoms with Gasteiger partial charge in [-0.2, -0.15) is 0 Å². The van der Waals surface area contributed by atoms with Gasteiger partial charge in [0.2, 0.25) is 0 Å². The minimum absolute atomic E-state index is 0.280. The van der Waals surface area contributed by atoms with E-state index < -0.39 is 5.82 Å². The quantitative estimate of drug-likeness (QED) is 0.567. The lowest BCUT2D eigenvalue weighted by molar-refractivity contribution is 0.102. The smallest absolute Gasteiger partial charge is 0.255 e. The van der Waals surface area contributed by atoms with Gasteiger partial charge in [-0.15, -0.1) is 0 Å². The van der Waals surface area contributed by atoms with Gasteiger partial charge in [-0.1, -0.05) is 24.3 Å². The van der Waals surface area contributed by atoms with Crippen LogP contribution in [0, 0.1) is 5.82 Å². The van der Waals surface area contributed by atoms with Crippen molar-refractivity contribution in [3.05, 3.63) is 78.1 Å². The number of carbonyl (C=O) groups is 1. The summed E-state index contributed by atoms with van der Waals surface area (Å²) in [6.45, 7) is 0. The van der Waals surface area contributed by atoms with Crippen LogP contribution in [0.4, 0.5) is 10.1 Å². The molecular weight excluding hydrogens is 293 g/mol. The van der Waals surface area contributed by atoms with Gasteiger partial charge in [-0.25, -0.2) is 4.39 Å². The zero-order chi connectivity index (χ0) is 15.8. The zero-order valence-electron chi connectivity index (χ0n) is 12.0. The van der Waals surface area contributed by atoms with Crippen LogP contribution in [0.5, 0.6) is 0 Å². The molecule has 0 unspecified atom stereocenters. The monoisotopic (exact) mass is 305 g/mol. The summed E-state index contributed by atoms with van der Waals surface area (Å²) in [6.07, 6.45) is 0. The van der Waals surface area contributed by atoms with Gasteiger partial charge in [0, 0.05) is 22.0 Å². The molecule has 1 amide bonds. The number of benzene rings is 3. The Balaban J connectivity index is 1.71. The Kier molecular flexibility index (Phi) is 3.08. The van der Waals surface area contributed by atoms with E-state index in [1.54, 1.807) is 12.1 Å². The standard InChI is InChI=1S/C19H12FNO2/c20-13-5-3-4-12(10-13)19(22)21-14-8-9-18-16(11-14)15-6-1-2-7-17(15)23-18/h1-11H,(H,21,22). The highest BCUT2D eigenvalue weighted by molar-refractivity contribution is 6.09. The molecule has 1 heterocycles. The van der Waals surface area contributed by atoms with Gasteiger partial charge in [0.15, 0.2) is 0 Å². The van der Waals surface area contributed by atoms with Gasteiger partial charge in [0.05, 0.1) is 0 Å². The van der Waals surface area contributed by atoms with E-state index in [0.29, 0.717) is 5.69 Å². The van der Waals surface area contributed by atoms with Gasteiger partial charge >= 0.3 is 0 Å². The molecule has 112 valence electrons. The number of para-hydroxylation sites is 1. The van der Waals surface area contributed by atoms with Crippen molar-refractivity contribution >= 4 is 33.5 Å². The van der Waals surface area contributed by atoms with E-state index in [9.17, 15) is 9.18 Å². The first-order chi connectivity index (χ1) is 11.2. The van der Waals surface area contributed by atoms with Crippen LogP contribution < -0.4 is 5.32 Å². The van der Waals surface area contributed by atoms with E-state index in [2.05, 4.69) is 5.32 Å². The summed E-state index contributed by atoms with van der Waals surface area (Å²) in [5, 5.41) is 4.70. The number of amides is 1. The summed E-state index contributed by atoms with van der Waals surface area (Å²) < 4.78 is 19.0. The highest BCUT2D eigenvalue weighted by Crippen LogP contribution is 2.30. The van der Waals surface area contributed by atoms with Crippen molar-refractivity contribution in [2.75, 3.05) is 5.32 Å². The lowest BCUT2D eigenvalue weighted by atomic mass is 10.1. The van der Waals surface area contributed by atoms with Crippen molar-refractivity contribution in [1.29, 1.82) is 0 Å². The summed E-state index contributed by atoms with van der Waals surface area (Å²) in [7, 11) is 0. The second-order valence-corrected chi connectivity index (χ2v) is 5.27. The molecule has 0 spiro atoms. The van der Waals surface area contributed by atoms with E-state index in [0.717, 1.165) is 21.9 Å². The lowest BCUT2D eigenvalue weighted by Gasteiger charge is -2.05. The minimum Gasteiger partial charge on any atom is -0.456 e.